The van der Waals surface area contributed by atoms with Crippen molar-refractivity contribution in [2.75, 3.05) is 19.4 Å². The van der Waals surface area contributed by atoms with Crippen LogP contribution in [0.15, 0.2) is 34.9 Å². The highest BCUT2D eigenvalue weighted by Crippen LogP contribution is 2.22. The topological polar surface area (TPSA) is 97.0 Å². The molecule has 1 rings (SSSR count). The second-order valence-corrected chi connectivity index (χ2v) is 6.31. The molecule has 0 amide bonds. The van der Waals surface area contributed by atoms with Gasteiger partial charge in [-0.05, 0) is 24.6 Å². The van der Waals surface area contributed by atoms with Gasteiger partial charge in [-0.2, -0.15) is 10.5 Å². The molecule has 6 nitrogen and oxygen atoms in total. The zero-order chi connectivity index (χ0) is 15.3. The number of allylic oxidation sites excluding steroid dienone is 1. The molecule has 0 spiro atoms. The Labute approximate surface area is 118 Å². The molecule has 104 valence electrons. The molecular formula is C13H14N4O2S. The van der Waals surface area contributed by atoms with Crippen molar-refractivity contribution < 1.29 is 8.42 Å². The van der Waals surface area contributed by atoms with Gasteiger partial charge in [-0.1, -0.05) is 6.07 Å². The molecule has 20 heavy (non-hydrogen) atoms. The zero-order valence-corrected chi connectivity index (χ0v) is 12.2. The molecule has 0 bridgehead atoms. The number of hydrogen-bond acceptors (Lipinski definition) is 5. The number of nitrogens with one attached hydrogen (secondary N) is 1. The first-order chi connectivity index (χ1) is 9.32. The summed E-state index contributed by atoms with van der Waals surface area (Å²) in [4.78, 5) is 0.177. The van der Waals surface area contributed by atoms with Crippen molar-refractivity contribution in [3.8, 4) is 12.1 Å². The lowest BCUT2D eigenvalue weighted by atomic mass is 10.2. The fraction of sp³-hybridized carbons (Fsp3) is 0.231. The first-order valence-electron chi connectivity index (χ1n) is 5.63. The normalized spacial score (nSPS) is 10.5. The monoisotopic (exact) mass is 290 g/mol. The Bertz CT molecular complexity index is 706. The second kappa shape index (κ2) is 6.20. The molecule has 0 aromatic heterocycles. The van der Waals surface area contributed by atoms with E-state index < -0.39 is 10.0 Å². The molecular weight excluding hydrogens is 276 g/mol. The third-order valence-electron chi connectivity index (χ3n) is 2.57. The van der Waals surface area contributed by atoms with Gasteiger partial charge in [-0.25, -0.2) is 12.7 Å². The van der Waals surface area contributed by atoms with E-state index in [1.54, 1.807) is 31.2 Å². The standard InChI is InChI=1S/C13H14N4O2S/c1-10-4-5-12(16-9-11(7-14)8-15)6-13(10)20(18,19)17(2)3/h4-6,9,16H,1-3H3. The smallest absolute Gasteiger partial charge is 0.242 e. The molecule has 0 radical (unpaired) electrons. The predicted octanol–water partition coefficient (Wildman–Crippen LogP) is 1.59. The van der Waals surface area contributed by atoms with E-state index in [0.717, 1.165) is 4.31 Å². The van der Waals surface area contributed by atoms with E-state index in [9.17, 15) is 8.42 Å². The average Bonchev–Trinajstić information content (AvgIpc) is 2.41. The number of benzene rings is 1. The van der Waals surface area contributed by atoms with Crippen LogP contribution < -0.4 is 5.32 Å². The molecule has 0 saturated carbocycles. The van der Waals surface area contributed by atoms with Crippen molar-refractivity contribution in [1.82, 2.24) is 4.31 Å². The highest BCUT2D eigenvalue weighted by Gasteiger charge is 2.19. The van der Waals surface area contributed by atoms with E-state index in [-0.39, 0.29) is 10.5 Å². The van der Waals surface area contributed by atoms with Gasteiger partial charge in [0.1, 0.15) is 17.7 Å². The van der Waals surface area contributed by atoms with Gasteiger partial charge < -0.3 is 5.32 Å². The lowest BCUT2D eigenvalue weighted by Gasteiger charge is -2.14. The second-order valence-electron chi connectivity index (χ2n) is 4.19. The summed E-state index contributed by atoms with van der Waals surface area (Å²) < 4.78 is 25.4. The van der Waals surface area contributed by atoms with Gasteiger partial charge in [0, 0.05) is 26.0 Å². The number of sulfonamides is 1. The van der Waals surface area contributed by atoms with Crippen molar-refractivity contribution in [1.29, 1.82) is 10.5 Å². The summed E-state index contributed by atoms with van der Waals surface area (Å²) >= 11 is 0. The minimum atomic E-state index is -3.54. The number of nitriles is 2. The van der Waals surface area contributed by atoms with E-state index >= 15 is 0 Å². The quantitative estimate of drug-likeness (QED) is 0.849. The fourth-order valence-electron chi connectivity index (χ4n) is 1.41. The molecule has 0 saturated heterocycles. The van der Waals surface area contributed by atoms with Crippen molar-refractivity contribution >= 4 is 15.7 Å². The summed E-state index contributed by atoms with van der Waals surface area (Å²) in [6.07, 6.45) is 1.23. The van der Waals surface area contributed by atoms with E-state index in [4.69, 9.17) is 10.5 Å². The number of hydrogen-bond donors (Lipinski definition) is 1. The van der Waals surface area contributed by atoms with Gasteiger partial charge in [0.05, 0.1) is 4.90 Å². The van der Waals surface area contributed by atoms with Crippen LogP contribution in [0, 0.1) is 29.6 Å². The van der Waals surface area contributed by atoms with Crippen LogP contribution in [0.25, 0.3) is 0 Å². The molecule has 1 N–H and O–H groups in total. The maximum Gasteiger partial charge on any atom is 0.242 e. The molecule has 0 aliphatic heterocycles. The number of nitrogens with zero attached hydrogens (tertiary/aromatic N) is 3. The molecule has 0 atom stereocenters. The van der Waals surface area contributed by atoms with Gasteiger partial charge in [0.15, 0.2) is 0 Å². The molecule has 0 unspecified atom stereocenters. The zero-order valence-electron chi connectivity index (χ0n) is 11.4. The summed E-state index contributed by atoms with van der Waals surface area (Å²) in [5.41, 5.74) is 1.01. The number of anilines is 1. The maximum absolute atomic E-state index is 12.1. The highest BCUT2D eigenvalue weighted by atomic mass is 32.2. The number of rotatable bonds is 4. The van der Waals surface area contributed by atoms with E-state index in [1.165, 1.54) is 26.4 Å². The van der Waals surface area contributed by atoms with Crippen molar-refractivity contribution in [2.45, 2.75) is 11.8 Å². The minimum Gasteiger partial charge on any atom is -0.360 e. The molecule has 0 heterocycles. The third kappa shape index (κ3) is 3.35. The Kier molecular flexibility index (Phi) is 4.87. The van der Waals surface area contributed by atoms with Crippen LogP contribution in [0.1, 0.15) is 5.56 Å². The largest absolute Gasteiger partial charge is 0.360 e. The molecule has 1 aromatic carbocycles. The lowest BCUT2D eigenvalue weighted by molar-refractivity contribution is 0.520. The maximum atomic E-state index is 12.1. The predicted molar refractivity (Wildman–Crippen MR) is 75.0 cm³/mol. The first-order valence-corrected chi connectivity index (χ1v) is 7.07. The Morgan fingerprint density at radius 2 is 1.90 bits per heavy atom. The number of aryl methyl sites for hydroxylation is 1. The average molecular weight is 290 g/mol. The summed E-state index contributed by atoms with van der Waals surface area (Å²) in [6, 6.07) is 8.21. The third-order valence-corrected chi connectivity index (χ3v) is 4.53. The molecule has 0 fully saturated rings. The van der Waals surface area contributed by atoms with Crippen LogP contribution in [0.3, 0.4) is 0 Å². The van der Waals surface area contributed by atoms with E-state index in [0.29, 0.717) is 11.3 Å². The molecule has 7 heteroatoms. The first kappa shape index (κ1) is 15.7. The summed E-state index contributed by atoms with van der Waals surface area (Å²) in [5, 5.41) is 20.0. The van der Waals surface area contributed by atoms with Gasteiger partial charge in [-0.3, -0.25) is 0 Å². The molecule has 0 aliphatic carbocycles. The lowest BCUT2D eigenvalue weighted by Crippen LogP contribution is -2.23. The molecule has 1 aromatic rings. The SMILES string of the molecule is Cc1ccc(NC=C(C#N)C#N)cc1S(=O)(=O)N(C)C. The highest BCUT2D eigenvalue weighted by molar-refractivity contribution is 7.89. The fourth-order valence-corrected chi connectivity index (χ4v) is 2.55. The summed E-state index contributed by atoms with van der Waals surface area (Å²) in [7, 11) is -0.624. The Hall–Kier alpha value is -2.35. The molecule has 0 aliphatic rings. The van der Waals surface area contributed by atoms with Crippen LogP contribution in [0.2, 0.25) is 0 Å². The Morgan fingerprint density at radius 1 is 1.30 bits per heavy atom. The van der Waals surface area contributed by atoms with Crippen LogP contribution in [-0.2, 0) is 10.0 Å². The van der Waals surface area contributed by atoms with Crippen molar-refractivity contribution in [3.05, 3.63) is 35.5 Å². The Morgan fingerprint density at radius 3 is 2.40 bits per heavy atom. The minimum absolute atomic E-state index is 0.0948. The van der Waals surface area contributed by atoms with Crippen LogP contribution in [0.4, 0.5) is 5.69 Å². The van der Waals surface area contributed by atoms with Gasteiger partial charge in [0.2, 0.25) is 10.0 Å². The van der Waals surface area contributed by atoms with Crippen LogP contribution in [0.5, 0.6) is 0 Å². The van der Waals surface area contributed by atoms with Crippen molar-refractivity contribution in [3.63, 3.8) is 0 Å². The summed E-state index contributed by atoms with van der Waals surface area (Å²) in [5.74, 6) is 0. The van der Waals surface area contributed by atoms with Crippen LogP contribution in [-0.4, -0.2) is 26.8 Å². The Balaban J connectivity index is 3.22. The van der Waals surface area contributed by atoms with E-state index in [1.807, 2.05) is 0 Å². The van der Waals surface area contributed by atoms with Gasteiger partial charge >= 0.3 is 0 Å². The van der Waals surface area contributed by atoms with E-state index in [2.05, 4.69) is 5.32 Å². The van der Waals surface area contributed by atoms with Gasteiger partial charge in [0.25, 0.3) is 0 Å². The van der Waals surface area contributed by atoms with Crippen LogP contribution >= 0.6 is 0 Å². The van der Waals surface area contributed by atoms with Gasteiger partial charge in [-0.15, -0.1) is 0 Å². The summed E-state index contributed by atoms with van der Waals surface area (Å²) in [6.45, 7) is 1.70. The van der Waals surface area contributed by atoms with Crippen molar-refractivity contribution in [2.24, 2.45) is 0 Å².